The second-order valence-corrected chi connectivity index (χ2v) is 9.78. The lowest BCUT2D eigenvalue weighted by Gasteiger charge is -2.11. The lowest BCUT2D eigenvalue weighted by molar-refractivity contribution is 1.44. The molecule has 0 fully saturated rings. The minimum atomic E-state index is 0.466. The minimum absolute atomic E-state index is 0.466. The van der Waals surface area contributed by atoms with E-state index in [1.165, 1.54) is 5.56 Å². The van der Waals surface area contributed by atoms with Gasteiger partial charge in [-0.05, 0) is 81.9 Å². The fourth-order valence-corrected chi connectivity index (χ4v) is 5.44. The average Bonchev–Trinajstić information content (AvgIpc) is 3.42. The van der Waals surface area contributed by atoms with E-state index < -0.39 is 0 Å². The summed E-state index contributed by atoms with van der Waals surface area (Å²) in [5.74, 6) is 0. The van der Waals surface area contributed by atoms with E-state index in [2.05, 4.69) is 72.8 Å². The van der Waals surface area contributed by atoms with Gasteiger partial charge in [-0.2, -0.15) is 10.5 Å². The molecular weight excluding hydrogens is 470 g/mol. The highest BCUT2D eigenvalue weighted by molar-refractivity contribution is 7.21. The molecule has 1 aromatic heterocycles. The van der Waals surface area contributed by atoms with Crippen LogP contribution in [-0.2, 0) is 0 Å². The molecule has 0 N–H and O–H groups in total. The Labute approximate surface area is 219 Å². The van der Waals surface area contributed by atoms with Gasteiger partial charge in [-0.25, -0.2) is 4.98 Å². The van der Waals surface area contributed by atoms with E-state index in [1.54, 1.807) is 17.4 Å². The highest BCUT2D eigenvalue weighted by atomic mass is 32.1. The maximum Gasteiger partial charge on any atom is 0.124 e. The molecule has 0 unspecified atom stereocenters. The highest BCUT2D eigenvalue weighted by Gasteiger charge is 2.12. The molecule has 3 nitrogen and oxygen atoms in total. The summed E-state index contributed by atoms with van der Waals surface area (Å²) in [6, 6.07) is 43.0. The number of rotatable bonds is 4. The van der Waals surface area contributed by atoms with Gasteiger partial charge in [-0.3, -0.25) is 0 Å². The first kappa shape index (κ1) is 22.4. The Morgan fingerprint density at radius 1 is 0.486 bits per heavy atom. The molecule has 0 amide bonds. The number of para-hydroxylation sites is 1. The molecule has 0 aliphatic heterocycles. The molecule has 0 bridgehead atoms. The van der Waals surface area contributed by atoms with Gasteiger partial charge >= 0.3 is 0 Å². The predicted molar refractivity (Wildman–Crippen MR) is 151 cm³/mol. The van der Waals surface area contributed by atoms with Crippen molar-refractivity contribution in [1.29, 1.82) is 10.5 Å². The predicted octanol–water partition coefficient (Wildman–Crippen LogP) is 8.71. The van der Waals surface area contributed by atoms with Crippen LogP contribution in [0.5, 0.6) is 0 Å². The number of fused-ring (bicyclic) bond motifs is 1. The summed E-state index contributed by atoms with van der Waals surface area (Å²) in [4.78, 5) is 4.89. The van der Waals surface area contributed by atoms with Crippen LogP contribution in [0, 0.1) is 22.7 Å². The van der Waals surface area contributed by atoms with Crippen LogP contribution >= 0.6 is 11.3 Å². The molecule has 4 heteroatoms. The van der Waals surface area contributed by atoms with E-state index in [-0.39, 0.29) is 0 Å². The first-order valence-corrected chi connectivity index (χ1v) is 12.6. The van der Waals surface area contributed by atoms with Crippen LogP contribution in [-0.4, -0.2) is 4.98 Å². The lowest BCUT2D eigenvalue weighted by atomic mass is 9.93. The Balaban J connectivity index is 1.51. The summed E-state index contributed by atoms with van der Waals surface area (Å²) < 4.78 is 1.13. The molecule has 37 heavy (non-hydrogen) atoms. The average molecular weight is 490 g/mol. The zero-order chi connectivity index (χ0) is 25.2. The SMILES string of the molecule is N#Cc1cc(C#N)cc(-c2cc(-c3ccc(-c4ccccc4)cc3)cc(-c3nc4ccccc4s3)c2)c1. The minimum Gasteiger partial charge on any atom is -0.236 e. The molecule has 1 heterocycles. The van der Waals surface area contributed by atoms with Crippen molar-refractivity contribution < 1.29 is 0 Å². The molecule has 0 aliphatic rings. The number of hydrogen-bond acceptors (Lipinski definition) is 4. The molecule has 6 aromatic rings. The quantitative estimate of drug-likeness (QED) is 0.249. The number of thiazole rings is 1. The third-order valence-corrected chi connectivity index (χ3v) is 7.41. The third kappa shape index (κ3) is 4.50. The number of aromatic nitrogens is 1. The topological polar surface area (TPSA) is 60.5 Å². The Kier molecular flexibility index (Phi) is 5.79. The van der Waals surface area contributed by atoms with Gasteiger partial charge in [0.25, 0.3) is 0 Å². The van der Waals surface area contributed by atoms with Gasteiger partial charge in [0, 0.05) is 5.56 Å². The second-order valence-electron chi connectivity index (χ2n) is 8.75. The van der Waals surface area contributed by atoms with Crippen molar-refractivity contribution in [3.8, 4) is 56.1 Å². The first-order chi connectivity index (χ1) is 18.2. The van der Waals surface area contributed by atoms with Crippen LogP contribution in [0.1, 0.15) is 11.1 Å². The van der Waals surface area contributed by atoms with Crippen molar-refractivity contribution in [1.82, 2.24) is 4.98 Å². The van der Waals surface area contributed by atoms with Gasteiger partial charge in [-0.1, -0.05) is 66.7 Å². The molecule has 0 radical (unpaired) electrons. The summed E-state index contributed by atoms with van der Waals surface area (Å²) in [6.07, 6.45) is 0. The third-order valence-electron chi connectivity index (χ3n) is 6.32. The summed E-state index contributed by atoms with van der Waals surface area (Å²) in [7, 11) is 0. The Bertz CT molecular complexity index is 1770. The summed E-state index contributed by atoms with van der Waals surface area (Å²) >= 11 is 1.66. The summed E-state index contributed by atoms with van der Waals surface area (Å²) in [5.41, 5.74) is 9.15. The van der Waals surface area contributed by atoms with Gasteiger partial charge in [0.2, 0.25) is 0 Å². The van der Waals surface area contributed by atoms with Crippen molar-refractivity contribution in [3.05, 3.63) is 126 Å². The Morgan fingerprint density at radius 3 is 1.65 bits per heavy atom. The molecule has 0 aliphatic carbocycles. The first-order valence-electron chi connectivity index (χ1n) is 11.8. The van der Waals surface area contributed by atoms with Gasteiger partial charge in [0.15, 0.2) is 0 Å². The van der Waals surface area contributed by atoms with Crippen LogP contribution in [0.15, 0.2) is 115 Å². The van der Waals surface area contributed by atoms with Gasteiger partial charge in [0.05, 0.1) is 33.5 Å². The van der Waals surface area contributed by atoms with E-state index in [0.29, 0.717) is 11.1 Å². The van der Waals surface area contributed by atoms with Crippen molar-refractivity contribution in [2.24, 2.45) is 0 Å². The van der Waals surface area contributed by atoms with Gasteiger partial charge in [-0.15, -0.1) is 11.3 Å². The fourth-order valence-electron chi connectivity index (χ4n) is 4.49. The molecular formula is C33H19N3S. The maximum atomic E-state index is 9.53. The van der Waals surface area contributed by atoms with Crippen LogP contribution in [0.25, 0.3) is 54.2 Å². The Hall–Kier alpha value is -5.03. The van der Waals surface area contributed by atoms with E-state index in [4.69, 9.17) is 4.98 Å². The monoisotopic (exact) mass is 489 g/mol. The lowest BCUT2D eigenvalue weighted by Crippen LogP contribution is -1.88. The number of nitrogens with zero attached hydrogens (tertiary/aromatic N) is 3. The van der Waals surface area contributed by atoms with E-state index >= 15 is 0 Å². The Morgan fingerprint density at radius 2 is 1.00 bits per heavy atom. The smallest absolute Gasteiger partial charge is 0.124 e. The molecule has 172 valence electrons. The normalized spacial score (nSPS) is 10.6. The standard InChI is InChI=1S/C33H19N3S/c34-20-22-14-23(21-35)16-27(15-22)29-17-28(26-12-10-25(11-13-26)24-6-2-1-3-7-24)18-30(19-29)33-36-31-8-4-5-9-32(31)37-33/h1-19H. The van der Waals surface area contributed by atoms with Crippen molar-refractivity contribution in [3.63, 3.8) is 0 Å². The van der Waals surface area contributed by atoms with Gasteiger partial charge in [0.1, 0.15) is 5.01 Å². The van der Waals surface area contributed by atoms with Crippen LogP contribution in [0.2, 0.25) is 0 Å². The number of benzene rings is 5. The highest BCUT2D eigenvalue weighted by Crippen LogP contribution is 2.37. The zero-order valence-corrected chi connectivity index (χ0v) is 20.5. The van der Waals surface area contributed by atoms with Crippen LogP contribution in [0.4, 0.5) is 0 Å². The molecule has 5 aromatic carbocycles. The van der Waals surface area contributed by atoms with E-state index in [0.717, 1.165) is 48.6 Å². The second kappa shape index (κ2) is 9.55. The van der Waals surface area contributed by atoms with Gasteiger partial charge < -0.3 is 0 Å². The van der Waals surface area contributed by atoms with Crippen LogP contribution in [0.3, 0.4) is 0 Å². The van der Waals surface area contributed by atoms with Crippen LogP contribution < -0.4 is 0 Å². The van der Waals surface area contributed by atoms with Crippen molar-refractivity contribution >= 4 is 21.6 Å². The maximum absolute atomic E-state index is 9.53. The van der Waals surface area contributed by atoms with Crippen molar-refractivity contribution in [2.45, 2.75) is 0 Å². The molecule has 0 saturated carbocycles. The zero-order valence-electron chi connectivity index (χ0n) is 19.7. The fraction of sp³-hybridized carbons (Fsp3) is 0. The molecule has 6 rings (SSSR count). The largest absolute Gasteiger partial charge is 0.236 e. The summed E-state index contributed by atoms with van der Waals surface area (Å²) in [5, 5.41) is 20.0. The number of nitriles is 2. The van der Waals surface area contributed by atoms with E-state index in [9.17, 15) is 10.5 Å². The van der Waals surface area contributed by atoms with Crippen molar-refractivity contribution in [2.75, 3.05) is 0 Å². The molecule has 0 atom stereocenters. The summed E-state index contributed by atoms with van der Waals surface area (Å²) in [6.45, 7) is 0. The number of hydrogen-bond donors (Lipinski definition) is 0. The van der Waals surface area contributed by atoms with E-state index in [1.807, 2.05) is 48.5 Å². The molecule has 0 saturated heterocycles. The molecule has 0 spiro atoms.